The van der Waals surface area contributed by atoms with Crippen LogP contribution in [0.4, 0.5) is 0 Å². The maximum Gasteiger partial charge on any atom is 0.303 e. The fourth-order valence-corrected chi connectivity index (χ4v) is 3.25. The molecule has 1 amide bonds. The Bertz CT molecular complexity index is 351. The Balaban J connectivity index is 2.01. The highest BCUT2D eigenvalue weighted by molar-refractivity contribution is 5.86. The molecule has 0 aromatic heterocycles. The fraction of sp³-hybridized carbons (Fsp3) is 0.857. The van der Waals surface area contributed by atoms with Gasteiger partial charge in [-0.25, -0.2) is 0 Å². The lowest BCUT2D eigenvalue weighted by Gasteiger charge is -2.40. The lowest BCUT2D eigenvalue weighted by molar-refractivity contribution is -0.143. The van der Waals surface area contributed by atoms with Gasteiger partial charge in [-0.3, -0.25) is 9.59 Å². The second kappa shape index (κ2) is 5.90. The van der Waals surface area contributed by atoms with E-state index in [0.717, 1.165) is 45.2 Å². The minimum Gasteiger partial charge on any atom is -0.481 e. The van der Waals surface area contributed by atoms with Gasteiger partial charge >= 0.3 is 5.97 Å². The maximum atomic E-state index is 12.7. The van der Waals surface area contributed by atoms with E-state index in [1.165, 1.54) is 0 Å². The molecule has 19 heavy (non-hydrogen) atoms. The first-order valence-corrected chi connectivity index (χ1v) is 7.31. The summed E-state index contributed by atoms with van der Waals surface area (Å²) >= 11 is 0. The van der Waals surface area contributed by atoms with Crippen LogP contribution in [-0.2, 0) is 9.59 Å². The van der Waals surface area contributed by atoms with Crippen molar-refractivity contribution in [2.75, 3.05) is 13.1 Å². The molecule has 2 unspecified atom stereocenters. The van der Waals surface area contributed by atoms with Gasteiger partial charge in [0.15, 0.2) is 0 Å². The normalized spacial score (nSPS) is 31.4. The smallest absolute Gasteiger partial charge is 0.303 e. The first kappa shape index (κ1) is 14.3. The van der Waals surface area contributed by atoms with Crippen LogP contribution in [0, 0.1) is 0 Å². The molecule has 0 aromatic carbocycles. The van der Waals surface area contributed by atoms with Crippen LogP contribution in [0.1, 0.15) is 51.9 Å². The molecule has 0 aromatic rings. The number of nitrogens with zero attached hydrogens (tertiary/aromatic N) is 1. The summed E-state index contributed by atoms with van der Waals surface area (Å²) in [5.74, 6) is -0.608. The summed E-state index contributed by atoms with van der Waals surface area (Å²) in [6.45, 7) is 3.65. The van der Waals surface area contributed by atoms with Gasteiger partial charge in [-0.2, -0.15) is 0 Å². The maximum absolute atomic E-state index is 12.7. The second-order valence-corrected chi connectivity index (χ2v) is 5.94. The van der Waals surface area contributed by atoms with Crippen LogP contribution in [0.3, 0.4) is 0 Å². The summed E-state index contributed by atoms with van der Waals surface area (Å²) in [4.78, 5) is 25.4. The molecule has 2 aliphatic rings. The van der Waals surface area contributed by atoms with E-state index >= 15 is 0 Å². The van der Waals surface area contributed by atoms with Crippen LogP contribution in [0.5, 0.6) is 0 Å². The van der Waals surface area contributed by atoms with Crippen LogP contribution in [0.25, 0.3) is 0 Å². The van der Waals surface area contributed by atoms with E-state index in [2.05, 4.69) is 5.32 Å². The Morgan fingerprint density at radius 3 is 2.79 bits per heavy atom. The molecule has 5 heteroatoms. The zero-order valence-electron chi connectivity index (χ0n) is 11.7. The van der Waals surface area contributed by atoms with Crippen molar-refractivity contribution in [2.24, 2.45) is 0 Å². The van der Waals surface area contributed by atoms with Crippen molar-refractivity contribution in [3.8, 4) is 0 Å². The number of carbonyl (C=O) groups excluding carboxylic acids is 1. The fourth-order valence-electron chi connectivity index (χ4n) is 3.25. The molecule has 108 valence electrons. The van der Waals surface area contributed by atoms with Gasteiger partial charge < -0.3 is 15.3 Å². The number of carbonyl (C=O) groups is 2. The third-order valence-corrected chi connectivity index (χ3v) is 4.42. The number of hydrogen-bond acceptors (Lipinski definition) is 3. The number of rotatable bonds is 4. The third-order valence-electron chi connectivity index (χ3n) is 4.42. The predicted octanol–water partition coefficient (Wildman–Crippen LogP) is 1.37. The minimum absolute atomic E-state index is 0.108. The Hall–Kier alpha value is -1.10. The summed E-state index contributed by atoms with van der Waals surface area (Å²) in [6.07, 6.45) is 5.72. The lowest BCUT2D eigenvalue weighted by Crippen LogP contribution is -2.57. The average Bonchev–Trinajstić information content (AvgIpc) is 2.84. The number of piperidine rings is 1. The molecule has 0 saturated carbocycles. The topological polar surface area (TPSA) is 69.6 Å². The van der Waals surface area contributed by atoms with Gasteiger partial charge in [-0.05, 0) is 52.0 Å². The molecule has 2 atom stereocenters. The van der Waals surface area contributed by atoms with E-state index in [-0.39, 0.29) is 18.4 Å². The molecule has 5 nitrogen and oxygen atoms in total. The third kappa shape index (κ3) is 3.26. The molecule has 2 aliphatic heterocycles. The zero-order valence-corrected chi connectivity index (χ0v) is 11.7. The molecular weight excluding hydrogens is 244 g/mol. The quantitative estimate of drug-likeness (QED) is 0.808. The summed E-state index contributed by atoms with van der Waals surface area (Å²) < 4.78 is 0. The average molecular weight is 268 g/mol. The summed E-state index contributed by atoms with van der Waals surface area (Å²) in [5.41, 5.74) is -0.432. The highest BCUT2D eigenvalue weighted by Gasteiger charge is 2.41. The first-order valence-electron chi connectivity index (χ1n) is 7.31. The van der Waals surface area contributed by atoms with Crippen molar-refractivity contribution in [2.45, 2.75) is 63.5 Å². The van der Waals surface area contributed by atoms with Crippen LogP contribution in [0.2, 0.25) is 0 Å². The SMILES string of the molecule is CC1(C(=O)N2CCCCC2CCC(=O)O)CCCN1. The number of likely N-dealkylation sites (tertiary alicyclic amines) is 1. The molecule has 0 radical (unpaired) electrons. The lowest BCUT2D eigenvalue weighted by atomic mass is 9.92. The molecule has 2 saturated heterocycles. The van der Waals surface area contributed by atoms with Gasteiger partial charge in [-0.15, -0.1) is 0 Å². The predicted molar refractivity (Wildman–Crippen MR) is 71.9 cm³/mol. The number of hydrogen-bond donors (Lipinski definition) is 2. The van der Waals surface area contributed by atoms with Gasteiger partial charge in [0.05, 0.1) is 5.54 Å². The van der Waals surface area contributed by atoms with Crippen LogP contribution >= 0.6 is 0 Å². The number of carboxylic acids is 1. The Morgan fingerprint density at radius 1 is 1.37 bits per heavy atom. The standard InChI is InChI=1S/C14H24N2O3/c1-14(8-4-9-15-14)13(19)16-10-3-2-5-11(16)6-7-12(17)18/h11,15H,2-10H2,1H3,(H,17,18). The van der Waals surface area contributed by atoms with Gasteiger partial charge in [-0.1, -0.05) is 0 Å². The van der Waals surface area contributed by atoms with E-state index < -0.39 is 11.5 Å². The highest BCUT2D eigenvalue weighted by atomic mass is 16.4. The molecule has 2 N–H and O–H groups in total. The molecule has 2 heterocycles. The van der Waals surface area contributed by atoms with Crippen molar-refractivity contribution in [3.05, 3.63) is 0 Å². The number of amides is 1. The van der Waals surface area contributed by atoms with E-state index in [9.17, 15) is 9.59 Å². The van der Waals surface area contributed by atoms with E-state index in [1.54, 1.807) is 0 Å². The van der Waals surface area contributed by atoms with E-state index in [0.29, 0.717) is 6.42 Å². The minimum atomic E-state index is -0.775. The Kier molecular flexibility index (Phi) is 4.45. The largest absolute Gasteiger partial charge is 0.481 e. The van der Waals surface area contributed by atoms with E-state index in [4.69, 9.17) is 5.11 Å². The van der Waals surface area contributed by atoms with Gasteiger partial charge in [0.2, 0.25) is 5.91 Å². The zero-order chi connectivity index (χ0) is 13.9. The monoisotopic (exact) mass is 268 g/mol. The number of nitrogens with one attached hydrogen (secondary N) is 1. The summed E-state index contributed by atoms with van der Waals surface area (Å²) in [6, 6.07) is 0.108. The summed E-state index contributed by atoms with van der Waals surface area (Å²) in [7, 11) is 0. The van der Waals surface area contributed by atoms with Gasteiger partial charge in [0.1, 0.15) is 0 Å². The van der Waals surface area contributed by atoms with E-state index in [1.807, 2.05) is 11.8 Å². The molecule has 2 fully saturated rings. The molecule has 0 spiro atoms. The van der Waals surface area contributed by atoms with Crippen LogP contribution in [0.15, 0.2) is 0 Å². The van der Waals surface area contributed by atoms with Crippen LogP contribution in [-0.4, -0.2) is 46.6 Å². The number of carboxylic acid groups (broad SMARTS) is 1. The Morgan fingerprint density at radius 2 is 2.16 bits per heavy atom. The van der Waals surface area contributed by atoms with Crippen molar-refractivity contribution in [3.63, 3.8) is 0 Å². The Labute approximate surface area is 114 Å². The van der Waals surface area contributed by atoms with Crippen LogP contribution < -0.4 is 5.32 Å². The van der Waals surface area contributed by atoms with Gasteiger partial charge in [0.25, 0.3) is 0 Å². The first-order chi connectivity index (χ1) is 9.03. The summed E-state index contributed by atoms with van der Waals surface area (Å²) in [5, 5.41) is 12.1. The molecule has 2 rings (SSSR count). The van der Waals surface area contributed by atoms with Gasteiger partial charge in [0, 0.05) is 19.0 Å². The second-order valence-electron chi connectivity index (χ2n) is 5.94. The molecule has 0 bridgehead atoms. The van der Waals surface area contributed by atoms with Crippen molar-refractivity contribution >= 4 is 11.9 Å². The highest BCUT2D eigenvalue weighted by Crippen LogP contribution is 2.27. The number of aliphatic carboxylic acids is 1. The molecule has 0 aliphatic carbocycles. The molecular formula is C14H24N2O3. The van der Waals surface area contributed by atoms with Crippen molar-refractivity contribution < 1.29 is 14.7 Å². The van der Waals surface area contributed by atoms with Crippen molar-refractivity contribution in [1.82, 2.24) is 10.2 Å². The van der Waals surface area contributed by atoms with Crippen molar-refractivity contribution in [1.29, 1.82) is 0 Å².